The Morgan fingerprint density at radius 2 is 2.00 bits per heavy atom. The molecule has 1 atom stereocenters. The Morgan fingerprint density at radius 1 is 1.33 bits per heavy atom. The van der Waals surface area contributed by atoms with Crippen LogP contribution in [-0.4, -0.2) is 6.61 Å². The maximum atomic E-state index is 5.60. The van der Waals surface area contributed by atoms with Gasteiger partial charge in [0.15, 0.2) is 0 Å². The molecule has 0 aromatic heterocycles. The van der Waals surface area contributed by atoms with Gasteiger partial charge in [-0.05, 0) is 12.0 Å². The summed E-state index contributed by atoms with van der Waals surface area (Å²) in [5.74, 6) is 1.37. The molecule has 1 aromatic carbocycles. The minimum Gasteiger partial charge on any atom is -0.498 e. The first-order valence-electron chi connectivity index (χ1n) is 5.59. The van der Waals surface area contributed by atoms with Crippen LogP contribution in [0, 0.1) is 5.92 Å². The second-order valence-corrected chi connectivity index (χ2v) is 3.86. The van der Waals surface area contributed by atoms with Gasteiger partial charge in [-0.1, -0.05) is 50.8 Å². The zero-order chi connectivity index (χ0) is 11.1. The van der Waals surface area contributed by atoms with E-state index in [1.807, 2.05) is 6.07 Å². The van der Waals surface area contributed by atoms with Gasteiger partial charge in [-0.15, -0.1) is 0 Å². The Bertz CT molecular complexity index is 289. The minimum atomic E-state index is 0.459. The minimum absolute atomic E-state index is 0.459. The zero-order valence-electron chi connectivity index (χ0n) is 9.70. The van der Waals surface area contributed by atoms with E-state index in [0.29, 0.717) is 5.92 Å². The van der Waals surface area contributed by atoms with Crippen LogP contribution in [0.2, 0.25) is 0 Å². The van der Waals surface area contributed by atoms with Crippen molar-refractivity contribution in [2.75, 3.05) is 6.61 Å². The van der Waals surface area contributed by atoms with Crippen molar-refractivity contribution in [3.63, 3.8) is 0 Å². The van der Waals surface area contributed by atoms with Crippen molar-refractivity contribution in [3.8, 4) is 0 Å². The van der Waals surface area contributed by atoms with Crippen molar-refractivity contribution in [3.05, 3.63) is 48.2 Å². The van der Waals surface area contributed by atoms with Crippen LogP contribution in [0.15, 0.2) is 42.7 Å². The third kappa shape index (κ3) is 4.20. The van der Waals surface area contributed by atoms with E-state index < -0.39 is 0 Å². The molecule has 1 aromatic rings. The Morgan fingerprint density at radius 3 is 2.60 bits per heavy atom. The molecular formula is C14H20O. The van der Waals surface area contributed by atoms with Gasteiger partial charge in [-0.25, -0.2) is 0 Å². The van der Waals surface area contributed by atoms with E-state index in [1.165, 1.54) is 5.56 Å². The van der Waals surface area contributed by atoms with Crippen LogP contribution in [0.3, 0.4) is 0 Å². The lowest BCUT2D eigenvalue weighted by Gasteiger charge is -2.14. The summed E-state index contributed by atoms with van der Waals surface area (Å²) in [6.07, 6.45) is 2.04. The van der Waals surface area contributed by atoms with E-state index in [9.17, 15) is 0 Å². The highest BCUT2D eigenvalue weighted by molar-refractivity contribution is 5.14. The molecule has 0 heterocycles. The van der Waals surface area contributed by atoms with Crippen molar-refractivity contribution < 1.29 is 4.74 Å². The van der Waals surface area contributed by atoms with Gasteiger partial charge in [0.05, 0.1) is 12.4 Å². The monoisotopic (exact) mass is 204 g/mol. The Balaban J connectivity index is 2.25. The lowest BCUT2D eigenvalue weighted by atomic mass is 10.1. The number of hydrogen-bond donors (Lipinski definition) is 0. The topological polar surface area (TPSA) is 9.23 Å². The number of hydrogen-bond acceptors (Lipinski definition) is 1. The molecule has 0 aliphatic carbocycles. The van der Waals surface area contributed by atoms with E-state index >= 15 is 0 Å². The van der Waals surface area contributed by atoms with E-state index in [2.05, 4.69) is 44.7 Å². The van der Waals surface area contributed by atoms with E-state index in [0.717, 1.165) is 25.2 Å². The van der Waals surface area contributed by atoms with Crippen LogP contribution in [0.5, 0.6) is 0 Å². The van der Waals surface area contributed by atoms with Gasteiger partial charge in [0.1, 0.15) is 0 Å². The third-order valence-electron chi connectivity index (χ3n) is 2.68. The van der Waals surface area contributed by atoms with Gasteiger partial charge in [-0.3, -0.25) is 0 Å². The van der Waals surface area contributed by atoms with Gasteiger partial charge in [0, 0.05) is 12.3 Å². The molecule has 0 aliphatic heterocycles. The molecule has 0 amide bonds. The van der Waals surface area contributed by atoms with Crippen molar-refractivity contribution >= 4 is 0 Å². The highest BCUT2D eigenvalue weighted by Gasteiger charge is 2.04. The van der Waals surface area contributed by atoms with E-state index in [-0.39, 0.29) is 0 Å². The fraction of sp³-hybridized carbons (Fsp3) is 0.429. The Kier molecular flexibility index (Phi) is 4.96. The van der Waals surface area contributed by atoms with Gasteiger partial charge < -0.3 is 4.74 Å². The van der Waals surface area contributed by atoms with Crippen LogP contribution >= 0.6 is 0 Å². The van der Waals surface area contributed by atoms with E-state index in [4.69, 9.17) is 4.74 Å². The standard InChI is InChI=1S/C14H20O/c1-4-12(2)13(3)15-11-10-14-8-6-5-7-9-14/h5-9,12H,3-4,10-11H2,1-2H3. The van der Waals surface area contributed by atoms with Gasteiger partial charge in [-0.2, -0.15) is 0 Å². The van der Waals surface area contributed by atoms with Crippen molar-refractivity contribution in [1.29, 1.82) is 0 Å². The quantitative estimate of drug-likeness (QED) is 0.640. The molecule has 0 bridgehead atoms. The molecule has 0 spiro atoms. The highest BCUT2D eigenvalue weighted by Crippen LogP contribution is 2.13. The van der Waals surface area contributed by atoms with Crippen LogP contribution in [0.4, 0.5) is 0 Å². The summed E-state index contributed by atoms with van der Waals surface area (Å²) < 4.78 is 5.60. The molecule has 0 radical (unpaired) electrons. The fourth-order valence-electron chi connectivity index (χ4n) is 1.31. The van der Waals surface area contributed by atoms with Gasteiger partial charge in [0.25, 0.3) is 0 Å². The summed E-state index contributed by atoms with van der Waals surface area (Å²) in [5.41, 5.74) is 1.31. The summed E-state index contributed by atoms with van der Waals surface area (Å²) in [4.78, 5) is 0. The van der Waals surface area contributed by atoms with Crippen LogP contribution < -0.4 is 0 Å². The second-order valence-electron chi connectivity index (χ2n) is 3.86. The molecule has 0 saturated carbocycles. The predicted molar refractivity (Wildman–Crippen MR) is 64.7 cm³/mol. The molecule has 0 saturated heterocycles. The largest absolute Gasteiger partial charge is 0.498 e. The molecular weight excluding hydrogens is 184 g/mol. The third-order valence-corrected chi connectivity index (χ3v) is 2.68. The fourth-order valence-corrected chi connectivity index (χ4v) is 1.31. The smallest absolute Gasteiger partial charge is 0.0917 e. The second kappa shape index (κ2) is 6.28. The molecule has 82 valence electrons. The Hall–Kier alpha value is -1.24. The molecule has 0 N–H and O–H groups in total. The maximum Gasteiger partial charge on any atom is 0.0917 e. The van der Waals surface area contributed by atoms with Crippen molar-refractivity contribution in [1.82, 2.24) is 0 Å². The molecule has 1 heteroatoms. The van der Waals surface area contributed by atoms with E-state index in [1.54, 1.807) is 0 Å². The van der Waals surface area contributed by atoms with Gasteiger partial charge in [0.2, 0.25) is 0 Å². The van der Waals surface area contributed by atoms with Crippen LogP contribution in [-0.2, 0) is 11.2 Å². The van der Waals surface area contributed by atoms with Crippen LogP contribution in [0.25, 0.3) is 0 Å². The SMILES string of the molecule is C=C(OCCc1ccccc1)C(C)CC. The molecule has 1 unspecified atom stereocenters. The number of ether oxygens (including phenoxy) is 1. The molecule has 15 heavy (non-hydrogen) atoms. The first kappa shape index (κ1) is 11.8. The number of allylic oxidation sites excluding steroid dienone is 1. The summed E-state index contributed by atoms with van der Waals surface area (Å²) in [6, 6.07) is 10.4. The summed E-state index contributed by atoms with van der Waals surface area (Å²) in [7, 11) is 0. The predicted octanol–water partition coefficient (Wildman–Crippen LogP) is 3.81. The maximum absolute atomic E-state index is 5.60. The number of benzene rings is 1. The first-order valence-corrected chi connectivity index (χ1v) is 5.59. The molecule has 0 aliphatic rings. The average Bonchev–Trinajstić information content (AvgIpc) is 2.29. The normalized spacial score (nSPS) is 12.1. The molecule has 1 rings (SSSR count). The molecule has 1 nitrogen and oxygen atoms in total. The first-order chi connectivity index (χ1) is 7.24. The number of rotatable bonds is 6. The van der Waals surface area contributed by atoms with Gasteiger partial charge >= 0.3 is 0 Å². The summed E-state index contributed by atoms with van der Waals surface area (Å²) >= 11 is 0. The molecule has 0 fully saturated rings. The van der Waals surface area contributed by atoms with Crippen molar-refractivity contribution in [2.45, 2.75) is 26.7 Å². The Labute approximate surface area is 92.8 Å². The lowest BCUT2D eigenvalue weighted by molar-refractivity contribution is 0.184. The van der Waals surface area contributed by atoms with Crippen LogP contribution in [0.1, 0.15) is 25.8 Å². The summed E-state index contributed by atoms with van der Waals surface area (Å²) in [5, 5.41) is 0. The zero-order valence-corrected chi connectivity index (χ0v) is 9.70. The highest BCUT2D eigenvalue weighted by atomic mass is 16.5. The lowest BCUT2D eigenvalue weighted by Crippen LogP contribution is -2.04. The average molecular weight is 204 g/mol. The van der Waals surface area contributed by atoms with Crippen molar-refractivity contribution in [2.24, 2.45) is 5.92 Å². The summed E-state index contributed by atoms with van der Waals surface area (Å²) in [6.45, 7) is 8.96.